The number of hydrogen-bond acceptors (Lipinski definition) is 5. The third kappa shape index (κ3) is 7.47. The Morgan fingerprint density at radius 2 is 1.42 bits per heavy atom. The van der Waals surface area contributed by atoms with E-state index in [9.17, 15) is 5.26 Å². The molecule has 292 valence electrons. The molecule has 0 saturated heterocycles. The van der Waals surface area contributed by atoms with Gasteiger partial charge in [-0.3, -0.25) is 0 Å². The third-order valence-electron chi connectivity index (χ3n) is 10.5. The molecule has 8 rings (SSSR count). The van der Waals surface area contributed by atoms with Gasteiger partial charge >= 0.3 is 0 Å². The van der Waals surface area contributed by atoms with Crippen molar-refractivity contribution in [2.75, 3.05) is 9.80 Å². The molecule has 1 aliphatic heterocycles. The van der Waals surface area contributed by atoms with Gasteiger partial charge in [0.05, 0.1) is 11.6 Å². The smallest absolute Gasteiger partial charge is 0.135 e. The van der Waals surface area contributed by atoms with Crippen LogP contribution in [0.4, 0.5) is 22.7 Å². The number of fused-ring (bicyclic) bond motifs is 4. The number of rotatable bonds is 5. The first-order valence-corrected chi connectivity index (χ1v) is 19.0. The molecular weight excluding hydrogens is 882 g/mol. The van der Waals surface area contributed by atoms with Crippen LogP contribution < -0.4 is 14.5 Å². The van der Waals surface area contributed by atoms with Crippen LogP contribution in [-0.4, -0.2) is 9.55 Å². The van der Waals surface area contributed by atoms with Gasteiger partial charge in [0.25, 0.3) is 0 Å². The molecule has 0 spiro atoms. The van der Waals surface area contributed by atoms with Crippen molar-refractivity contribution in [3.63, 3.8) is 0 Å². The van der Waals surface area contributed by atoms with E-state index in [2.05, 4.69) is 109 Å². The van der Waals surface area contributed by atoms with Gasteiger partial charge in [0.15, 0.2) is 0 Å². The Labute approximate surface area is 356 Å². The molecule has 0 fully saturated rings. The largest absolute Gasteiger partial charge is 0.509 e. The number of benzene rings is 5. The summed E-state index contributed by atoms with van der Waals surface area (Å²) in [6, 6.07) is 40.7. The average Bonchev–Trinajstić information content (AvgIpc) is 3.72. The fourth-order valence-corrected chi connectivity index (χ4v) is 7.27. The number of aryl methyl sites for hydroxylation is 1. The number of ether oxygens (including phenoxy) is 1. The molecule has 6 nitrogen and oxygen atoms in total. The maximum atomic E-state index is 9.75. The zero-order chi connectivity index (χ0) is 42.2. The Balaban J connectivity index is 0.00000544. The molecule has 3 heterocycles. The first kappa shape index (κ1) is 36.0. The van der Waals surface area contributed by atoms with E-state index in [0.29, 0.717) is 28.4 Å². The molecule has 0 atom stereocenters. The summed E-state index contributed by atoms with van der Waals surface area (Å²) in [5.74, 6) is 1.69. The van der Waals surface area contributed by atoms with Gasteiger partial charge in [-0.2, -0.15) is 17.4 Å². The van der Waals surface area contributed by atoms with E-state index in [4.69, 9.17) is 13.8 Å². The Morgan fingerprint density at radius 3 is 2.11 bits per heavy atom. The van der Waals surface area contributed by atoms with Gasteiger partial charge in [-0.05, 0) is 99.3 Å². The van der Waals surface area contributed by atoms with Crippen LogP contribution in [0.3, 0.4) is 0 Å². The van der Waals surface area contributed by atoms with Crippen molar-refractivity contribution in [2.24, 2.45) is 0 Å². The number of aromatic nitrogens is 2. The Bertz CT molecular complexity index is 2780. The summed E-state index contributed by atoms with van der Waals surface area (Å²) >= 11 is 0. The van der Waals surface area contributed by atoms with E-state index >= 15 is 0 Å². The minimum atomic E-state index is -2.35. The van der Waals surface area contributed by atoms with Crippen molar-refractivity contribution < 1.29 is 29.9 Å². The Morgan fingerprint density at radius 1 is 0.719 bits per heavy atom. The van der Waals surface area contributed by atoms with E-state index in [1.54, 1.807) is 12.1 Å². The Hall–Kier alpha value is -5.37. The first-order valence-electron chi connectivity index (χ1n) is 20.5. The fraction of sp³-hybridized carbons (Fsp3) is 0.260. The van der Waals surface area contributed by atoms with Crippen molar-refractivity contribution in [1.82, 2.24) is 9.55 Å². The van der Waals surface area contributed by atoms with E-state index in [1.165, 1.54) is 0 Å². The molecule has 0 unspecified atom stereocenters. The summed E-state index contributed by atoms with van der Waals surface area (Å²) in [6.45, 7) is 19.3. The van der Waals surface area contributed by atoms with Crippen molar-refractivity contribution in [3.8, 4) is 23.4 Å². The van der Waals surface area contributed by atoms with Gasteiger partial charge < -0.3 is 19.1 Å². The second-order valence-electron chi connectivity index (χ2n) is 17.7. The number of para-hydroxylation sites is 1. The molecular formula is C50H48N5OPt-3. The SMILES string of the molecule is [2H]C([2H])([2H])c1cccc2c1N(c1cc(C(C)(C)C)cc(C(C)(C)C)c1)[CH-]N2c1[c-]c(Oc2[c-]c3c(cc2)c2cc(C#N)ccc2n3-c2cc(C(C)(C)C)ccn2)ccc1.[Pt]. The molecule has 57 heavy (non-hydrogen) atoms. The van der Waals surface area contributed by atoms with Crippen LogP contribution in [-0.2, 0) is 37.3 Å². The second-order valence-corrected chi connectivity index (χ2v) is 17.7. The molecule has 0 bridgehead atoms. The van der Waals surface area contributed by atoms with Crippen LogP contribution in [0.5, 0.6) is 11.5 Å². The molecule has 0 amide bonds. The van der Waals surface area contributed by atoms with Gasteiger partial charge in [0.2, 0.25) is 0 Å². The quantitative estimate of drug-likeness (QED) is 0.161. The molecule has 1 aliphatic rings. The minimum Gasteiger partial charge on any atom is -0.509 e. The summed E-state index contributed by atoms with van der Waals surface area (Å²) in [4.78, 5) is 8.77. The van der Waals surface area contributed by atoms with Crippen molar-refractivity contribution >= 4 is 44.6 Å². The Kier molecular flexibility index (Phi) is 9.18. The number of hydrogen-bond donors (Lipinski definition) is 0. The molecule has 7 aromatic rings. The average molecular weight is 933 g/mol. The zero-order valence-electron chi connectivity index (χ0n) is 36.9. The molecule has 7 heteroatoms. The van der Waals surface area contributed by atoms with E-state index in [0.717, 1.165) is 55.7 Å². The maximum Gasteiger partial charge on any atom is 0.135 e. The summed E-state index contributed by atoms with van der Waals surface area (Å²) in [6.07, 6.45) is 1.83. The van der Waals surface area contributed by atoms with E-state index < -0.39 is 6.85 Å². The molecule has 0 aliphatic carbocycles. The van der Waals surface area contributed by atoms with Crippen LogP contribution in [0.2, 0.25) is 0 Å². The fourth-order valence-electron chi connectivity index (χ4n) is 7.27. The summed E-state index contributed by atoms with van der Waals surface area (Å²) in [5, 5.41) is 11.6. The summed E-state index contributed by atoms with van der Waals surface area (Å²) < 4.78 is 34.3. The molecule has 2 aromatic heterocycles. The van der Waals surface area contributed by atoms with Crippen LogP contribution >= 0.6 is 0 Å². The van der Waals surface area contributed by atoms with Gasteiger partial charge in [-0.1, -0.05) is 86.0 Å². The number of pyridine rings is 1. The monoisotopic (exact) mass is 932 g/mol. The van der Waals surface area contributed by atoms with Crippen LogP contribution in [0.1, 0.15) is 94.2 Å². The van der Waals surface area contributed by atoms with Crippen molar-refractivity contribution in [2.45, 2.75) is 85.4 Å². The molecule has 5 aromatic carbocycles. The predicted octanol–water partition coefficient (Wildman–Crippen LogP) is 13.1. The van der Waals surface area contributed by atoms with Crippen molar-refractivity contribution in [1.29, 1.82) is 5.26 Å². The second kappa shape index (κ2) is 14.5. The van der Waals surface area contributed by atoms with Crippen LogP contribution in [0.15, 0.2) is 103 Å². The maximum absolute atomic E-state index is 9.75. The number of nitriles is 1. The minimum absolute atomic E-state index is 0. The van der Waals surface area contributed by atoms with E-state index in [1.807, 2.05) is 83.3 Å². The standard InChI is InChI=1S/C50H48N5O.Pt/c1-32-13-11-16-44-47(32)54(38-25-35(49(5,6)7)24-36(26-38)50(8,9)10)31-53(44)37-14-12-15-39(28-37)56-40-18-19-41-42-23-33(30-51)17-20-43(42)55(45(41)29-40)46-27-34(21-22-52-46)48(2,3)4;/h11-27,31H,1-10H3;/q-3;/i1D3;. The van der Waals surface area contributed by atoms with Crippen molar-refractivity contribution in [3.05, 3.63) is 150 Å². The third-order valence-corrected chi connectivity index (χ3v) is 10.5. The number of nitrogens with zero attached hydrogens (tertiary/aromatic N) is 5. The molecule has 0 saturated carbocycles. The molecule has 0 radical (unpaired) electrons. The summed E-state index contributed by atoms with van der Waals surface area (Å²) in [7, 11) is 0. The van der Waals surface area contributed by atoms with Crippen LogP contribution in [0, 0.1) is 37.0 Å². The van der Waals surface area contributed by atoms with Gasteiger partial charge in [-0.25, -0.2) is 4.98 Å². The van der Waals surface area contributed by atoms with Gasteiger partial charge in [0, 0.05) is 65.5 Å². The molecule has 0 N–H and O–H groups in total. The predicted molar refractivity (Wildman–Crippen MR) is 230 cm³/mol. The topological polar surface area (TPSA) is 57.3 Å². The first-order chi connectivity index (χ1) is 27.7. The van der Waals surface area contributed by atoms with Crippen LogP contribution in [0.25, 0.3) is 27.6 Å². The van der Waals surface area contributed by atoms with Gasteiger partial charge in [0.1, 0.15) is 5.82 Å². The zero-order valence-corrected chi connectivity index (χ0v) is 36.1. The summed E-state index contributed by atoms with van der Waals surface area (Å²) in [5.41, 5.74) is 8.52. The number of anilines is 4. The normalized spacial score (nSPS) is 14.1. The van der Waals surface area contributed by atoms with Gasteiger partial charge in [-0.15, -0.1) is 48.1 Å². The van der Waals surface area contributed by atoms with E-state index in [-0.39, 0.29) is 42.9 Å².